The number of aryl methyl sites for hydroxylation is 2. The maximum absolute atomic E-state index is 12.3. The van der Waals surface area contributed by atoms with Gasteiger partial charge in [0.05, 0.1) is 0 Å². The first-order chi connectivity index (χ1) is 11.1. The van der Waals surface area contributed by atoms with Crippen molar-refractivity contribution < 1.29 is 9.21 Å². The number of amides is 1. The Morgan fingerprint density at radius 1 is 1.30 bits per heavy atom. The maximum atomic E-state index is 12.3. The number of carbonyl (C=O) groups is 1. The molecular formula is C16H16N4O3. The smallest absolute Gasteiger partial charge is 0.276 e. The first-order valence-corrected chi connectivity index (χ1v) is 7.33. The Hall–Kier alpha value is -2.96. The summed E-state index contributed by atoms with van der Waals surface area (Å²) < 4.78 is 6.68. The van der Waals surface area contributed by atoms with Gasteiger partial charge in [-0.1, -0.05) is 6.92 Å². The summed E-state index contributed by atoms with van der Waals surface area (Å²) in [4.78, 5) is 28.2. The van der Waals surface area contributed by atoms with Crippen LogP contribution < -0.4 is 10.9 Å². The van der Waals surface area contributed by atoms with Gasteiger partial charge in [-0.2, -0.15) is 5.10 Å². The summed E-state index contributed by atoms with van der Waals surface area (Å²) >= 11 is 0. The summed E-state index contributed by atoms with van der Waals surface area (Å²) in [5.74, 6) is 0.186. The minimum atomic E-state index is -0.380. The van der Waals surface area contributed by atoms with E-state index in [-0.39, 0.29) is 17.2 Å². The highest BCUT2D eigenvalue weighted by Gasteiger charge is 2.11. The number of rotatable bonds is 4. The van der Waals surface area contributed by atoms with Crippen LogP contribution in [0, 0.1) is 6.92 Å². The number of aromatic nitrogens is 3. The van der Waals surface area contributed by atoms with E-state index in [0.29, 0.717) is 29.2 Å². The van der Waals surface area contributed by atoms with Crippen LogP contribution in [0.15, 0.2) is 39.5 Å². The lowest BCUT2D eigenvalue weighted by Gasteiger charge is -2.07. The Bertz CT molecular complexity index is 926. The minimum Gasteiger partial charge on any atom is -0.441 e. The molecule has 0 spiro atoms. The van der Waals surface area contributed by atoms with E-state index in [4.69, 9.17) is 4.42 Å². The lowest BCUT2D eigenvalue weighted by Crippen LogP contribution is -2.26. The number of nitrogens with one attached hydrogen (secondary N) is 1. The molecule has 0 bridgehead atoms. The summed E-state index contributed by atoms with van der Waals surface area (Å²) in [5.41, 5.74) is 1.89. The second kappa shape index (κ2) is 6.04. The normalized spacial score (nSPS) is 10.9. The van der Waals surface area contributed by atoms with E-state index in [9.17, 15) is 9.59 Å². The van der Waals surface area contributed by atoms with Crippen molar-refractivity contribution in [2.75, 3.05) is 5.32 Å². The number of anilines is 1. The van der Waals surface area contributed by atoms with E-state index in [1.807, 2.05) is 6.92 Å². The Balaban J connectivity index is 1.85. The zero-order chi connectivity index (χ0) is 16.4. The highest BCUT2D eigenvalue weighted by molar-refractivity contribution is 6.03. The summed E-state index contributed by atoms with van der Waals surface area (Å²) in [6.45, 7) is 4.18. The Morgan fingerprint density at radius 2 is 2.13 bits per heavy atom. The number of oxazole rings is 1. The first-order valence-electron chi connectivity index (χ1n) is 7.33. The second-order valence-electron chi connectivity index (χ2n) is 5.15. The second-order valence-corrected chi connectivity index (χ2v) is 5.15. The number of hydrogen-bond acceptors (Lipinski definition) is 5. The monoisotopic (exact) mass is 312 g/mol. The number of nitrogens with zero attached hydrogens (tertiary/aromatic N) is 3. The van der Waals surface area contributed by atoms with Crippen LogP contribution in [0.5, 0.6) is 0 Å². The molecule has 1 N–H and O–H groups in total. The van der Waals surface area contributed by atoms with Crippen molar-refractivity contribution in [2.24, 2.45) is 0 Å². The molecule has 0 aliphatic rings. The minimum absolute atomic E-state index is 0.189. The average Bonchev–Trinajstić information content (AvgIpc) is 2.89. The highest BCUT2D eigenvalue weighted by atomic mass is 16.3. The zero-order valence-electron chi connectivity index (χ0n) is 12.9. The van der Waals surface area contributed by atoms with Gasteiger partial charge < -0.3 is 9.73 Å². The van der Waals surface area contributed by atoms with Crippen molar-refractivity contribution >= 4 is 22.7 Å². The standard InChI is InChI=1S/C16H16N4O3/c1-3-8-20-15(21)7-5-12(19-20)16(22)18-11-4-6-14-13(9-11)17-10(2)23-14/h4-7,9H,3,8H2,1-2H3,(H,18,22). The van der Waals surface area contributed by atoms with Gasteiger partial charge in [-0.25, -0.2) is 9.67 Å². The molecule has 3 aromatic rings. The van der Waals surface area contributed by atoms with Crippen molar-refractivity contribution in [3.05, 3.63) is 52.3 Å². The van der Waals surface area contributed by atoms with E-state index < -0.39 is 0 Å². The van der Waals surface area contributed by atoms with E-state index in [0.717, 1.165) is 6.42 Å². The average molecular weight is 312 g/mol. The molecule has 23 heavy (non-hydrogen) atoms. The topological polar surface area (TPSA) is 90.0 Å². The number of carbonyl (C=O) groups excluding carboxylic acids is 1. The summed E-state index contributed by atoms with van der Waals surface area (Å²) in [6, 6.07) is 7.97. The Morgan fingerprint density at radius 3 is 2.91 bits per heavy atom. The molecule has 0 radical (unpaired) electrons. The van der Waals surface area contributed by atoms with Crippen molar-refractivity contribution in [1.82, 2.24) is 14.8 Å². The largest absolute Gasteiger partial charge is 0.441 e. The third kappa shape index (κ3) is 3.13. The summed E-state index contributed by atoms with van der Waals surface area (Å²) in [7, 11) is 0. The van der Waals surface area contributed by atoms with Crippen LogP contribution in [0.4, 0.5) is 5.69 Å². The Kier molecular flexibility index (Phi) is 3.92. The lowest BCUT2D eigenvalue weighted by molar-refractivity contribution is 0.102. The van der Waals surface area contributed by atoms with Crippen LogP contribution in [0.25, 0.3) is 11.1 Å². The molecule has 0 unspecified atom stereocenters. The fraction of sp³-hybridized carbons (Fsp3) is 0.250. The SMILES string of the molecule is CCCn1nc(C(=O)Nc2ccc3oc(C)nc3c2)ccc1=O. The van der Waals surface area contributed by atoms with Gasteiger partial charge in [-0.3, -0.25) is 9.59 Å². The molecule has 0 aliphatic heterocycles. The van der Waals surface area contributed by atoms with Gasteiger partial charge in [0.15, 0.2) is 11.5 Å². The van der Waals surface area contributed by atoms with E-state index >= 15 is 0 Å². The third-order valence-electron chi connectivity index (χ3n) is 3.29. The molecule has 3 rings (SSSR count). The molecule has 2 aromatic heterocycles. The van der Waals surface area contributed by atoms with E-state index in [1.165, 1.54) is 16.8 Å². The van der Waals surface area contributed by atoms with Crippen LogP contribution >= 0.6 is 0 Å². The molecule has 0 atom stereocenters. The lowest BCUT2D eigenvalue weighted by atomic mass is 10.2. The van der Waals surface area contributed by atoms with Gasteiger partial charge in [0.1, 0.15) is 11.2 Å². The van der Waals surface area contributed by atoms with Crippen molar-refractivity contribution in [1.29, 1.82) is 0 Å². The van der Waals surface area contributed by atoms with Crippen LogP contribution in [0.2, 0.25) is 0 Å². The van der Waals surface area contributed by atoms with Gasteiger partial charge in [0.2, 0.25) is 0 Å². The van der Waals surface area contributed by atoms with Gasteiger partial charge in [0, 0.05) is 25.2 Å². The molecule has 0 saturated carbocycles. The van der Waals surface area contributed by atoms with Crippen LogP contribution in [-0.2, 0) is 6.54 Å². The molecular weight excluding hydrogens is 296 g/mol. The summed E-state index contributed by atoms with van der Waals surface area (Å²) in [6.07, 6.45) is 0.764. The molecule has 1 aromatic carbocycles. The molecule has 7 nitrogen and oxygen atoms in total. The summed E-state index contributed by atoms with van der Waals surface area (Å²) in [5, 5.41) is 6.83. The molecule has 7 heteroatoms. The fourth-order valence-corrected chi connectivity index (χ4v) is 2.26. The maximum Gasteiger partial charge on any atom is 0.276 e. The van der Waals surface area contributed by atoms with Crippen molar-refractivity contribution in [2.45, 2.75) is 26.8 Å². The van der Waals surface area contributed by atoms with E-state index in [2.05, 4.69) is 15.4 Å². The molecule has 0 fully saturated rings. The highest BCUT2D eigenvalue weighted by Crippen LogP contribution is 2.19. The number of benzene rings is 1. The van der Waals surface area contributed by atoms with Crippen LogP contribution in [0.3, 0.4) is 0 Å². The molecule has 2 heterocycles. The third-order valence-corrected chi connectivity index (χ3v) is 3.29. The van der Waals surface area contributed by atoms with Gasteiger partial charge in [-0.15, -0.1) is 0 Å². The zero-order valence-corrected chi connectivity index (χ0v) is 12.9. The predicted octanol–water partition coefficient (Wildman–Crippen LogP) is 2.36. The van der Waals surface area contributed by atoms with Gasteiger partial charge in [-0.05, 0) is 30.7 Å². The van der Waals surface area contributed by atoms with Crippen molar-refractivity contribution in [3.63, 3.8) is 0 Å². The molecule has 1 amide bonds. The van der Waals surface area contributed by atoms with Gasteiger partial charge in [0.25, 0.3) is 11.5 Å². The van der Waals surface area contributed by atoms with Crippen molar-refractivity contribution in [3.8, 4) is 0 Å². The number of hydrogen-bond donors (Lipinski definition) is 1. The molecule has 0 saturated heterocycles. The van der Waals surface area contributed by atoms with Crippen LogP contribution in [-0.4, -0.2) is 20.7 Å². The quantitative estimate of drug-likeness (QED) is 0.798. The van der Waals surface area contributed by atoms with E-state index in [1.54, 1.807) is 25.1 Å². The number of fused-ring (bicyclic) bond motifs is 1. The Labute approximate surface area is 131 Å². The fourth-order valence-electron chi connectivity index (χ4n) is 2.26. The molecule has 0 aliphatic carbocycles. The molecule has 118 valence electrons. The first kappa shape index (κ1) is 15.0. The van der Waals surface area contributed by atoms with Crippen LogP contribution in [0.1, 0.15) is 29.7 Å². The van der Waals surface area contributed by atoms with Gasteiger partial charge >= 0.3 is 0 Å². The predicted molar refractivity (Wildman–Crippen MR) is 85.5 cm³/mol.